The number of urea groups is 1. The highest BCUT2D eigenvalue weighted by Gasteiger charge is 2.27. The first-order valence-electron chi connectivity index (χ1n) is 12.3. The molecule has 10 nitrogen and oxygen atoms in total. The number of nitrogens with one attached hydrogen (secondary N) is 4. The second-order valence-electron chi connectivity index (χ2n) is 9.18. The summed E-state index contributed by atoms with van der Waals surface area (Å²) >= 11 is 12.5. The first-order chi connectivity index (χ1) is 19.1. The molecule has 208 valence electrons. The zero-order valence-corrected chi connectivity index (χ0v) is 22.6. The zero-order valence-electron chi connectivity index (χ0n) is 21.0. The van der Waals surface area contributed by atoms with Gasteiger partial charge in [-0.15, -0.1) is 0 Å². The number of fused-ring (bicyclic) bond motifs is 1. The molecule has 1 aliphatic rings. The van der Waals surface area contributed by atoms with Gasteiger partial charge in [0.05, 0.1) is 28.2 Å². The summed E-state index contributed by atoms with van der Waals surface area (Å²) in [6.45, 7) is -0.273. The molecule has 1 aliphatic carbocycles. The van der Waals surface area contributed by atoms with Crippen LogP contribution in [-0.2, 0) is 17.8 Å². The number of aryl methyl sites for hydroxylation is 1. The molecule has 2 atom stereocenters. The van der Waals surface area contributed by atoms with Gasteiger partial charge < -0.3 is 31.5 Å². The van der Waals surface area contributed by atoms with Crippen LogP contribution in [-0.4, -0.2) is 46.6 Å². The van der Waals surface area contributed by atoms with Gasteiger partial charge in [-0.05, 0) is 53.8 Å². The van der Waals surface area contributed by atoms with Gasteiger partial charge in [0.25, 0.3) is 11.8 Å². The zero-order chi connectivity index (χ0) is 28.8. The van der Waals surface area contributed by atoms with E-state index in [4.69, 9.17) is 23.2 Å². The summed E-state index contributed by atoms with van der Waals surface area (Å²) in [6, 6.07) is 14.3. The lowest BCUT2D eigenvalue weighted by Gasteiger charge is -2.19. The predicted octanol–water partition coefficient (Wildman–Crippen LogP) is 3.80. The lowest BCUT2D eigenvalue weighted by atomic mass is 10.1. The quantitative estimate of drug-likeness (QED) is 0.224. The number of halogens is 2. The third kappa shape index (κ3) is 7.02. The molecular formula is C28H26Cl2N4O6. The van der Waals surface area contributed by atoms with Crippen LogP contribution < -0.4 is 21.3 Å². The number of carboxylic acid groups (broad SMARTS) is 1. The fourth-order valence-corrected chi connectivity index (χ4v) is 5.07. The average molecular weight is 585 g/mol. The number of carbonyl (C=O) groups is 4. The molecule has 40 heavy (non-hydrogen) atoms. The molecule has 2 unspecified atom stereocenters. The molecule has 0 aliphatic heterocycles. The predicted molar refractivity (Wildman–Crippen MR) is 149 cm³/mol. The molecule has 0 spiro atoms. The Balaban J connectivity index is 1.35. The Labute approximate surface area is 239 Å². The van der Waals surface area contributed by atoms with E-state index in [0.717, 1.165) is 24.0 Å². The number of carbonyl (C=O) groups excluding carboxylic acids is 3. The topological polar surface area (TPSA) is 157 Å². The molecule has 0 saturated carbocycles. The number of rotatable bonds is 9. The number of phenols is 1. The third-order valence-corrected chi connectivity index (χ3v) is 7.00. The van der Waals surface area contributed by atoms with Crippen molar-refractivity contribution >= 4 is 47.0 Å². The van der Waals surface area contributed by atoms with Gasteiger partial charge in [-0.1, -0.05) is 59.6 Å². The highest BCUT2D eigenvalue weighted by Crippen LogP contribution is 2.30. The standard InChI is InChI=1S/C28H26Cl2N4O6/c29-20-11-17(25(36)31-13-15-4-3-6-18(35)10-15)12-21(30)24(20)26(37)33-23(27(38)39)14-32-28(40)34-22-9-8-16-5-1-2-7-19(16)22/h1-7,10-12,22-23,35H,8-9,13-14H2,(H,31,36)(H,33,37)(H,38,39)(H2,32,34,40). The molecule has 6 N–H and O–H groups in total. The summed E-state index contributed by atoms with van der Waals surface area (Å²) in [5.74, 6) is -2.73. The summed E-state index contributed by atoms with van der Waals surface area (Å²) in [4.78, 5) is 49.7. The second kappa shape index (κ2) is 12.7. The van der Waals surface area contributed by atoms with Gasteiger partial charge in [0.15, 0.2) is 0 Å². The Hall–Kier alpha value is -4.28. The minimum atomic E-state index is -1.48. The number of hydrogen-bond donors (Lipinski definition) is 6. The molecule has 0 heterocycles. The van der Waals surface area contributed by atoms with E-state index < -0.39 is 36.4 Å². The Morgan fingerprint density at radius 1 is 0.925 bits per heavy atom. The van der Waals surface area contributed by atoms with Crippen molar-refractivity contribution in [2.75, 3.05) is 6.54 Å². The van der Waals surface area contributed by atoms with Crippen molar-refractivity contribution in [3.63, 3.8) is 0 Å². The van der Waals surface area contributed by atoms with Crippen LogP contribution in [0.2, 0.25) is 10.0 Å². The third-order valence-electron chi connectivity index (χ3n) is 6.40. The fraction of sp³-hybridized carbons (Fsp3) is 0.214. The van der Waals surface area contributed by atoms with Crippen LogP contribution in [0.1, 0.15) is 49.9 Å². The Morgan fingerprint density at radius 2 is 1.65 bits per heavy atom. The Kier molecular flexibility index (Phi) is 9.13. The molecular weight excluding hydrogens is 559 g/mol. The van der Waals surface area contributed by atoms with Gasteiger partial charge in [0.2, 0.25) is 0 Å². The highest BCUT2D eigenvalue weighted by atomic mass is 35.5. The smallest absolute Gasteiger partial charge is 0.328 e. The van der Waals surface area contributed by atoms with Crippen molar-refractivity contribution in [1.29, 1.82) is 0 Å². The van der Waals surface area contributed by atoms with Gasteiger partial charge in [-0.25, -0.2) is 9.59 Å². The van der Waals surface area contributed by atoms with Crippen LogP contribution in [0.15, 0.2) is 60.7 Å². The lowest BCUT2D eigenvalue weighted by molar-refractivity contribution is -0.139. The summed E-state index contributed by atoms with van der Waals surface area (Å²) in [7, 11) is 0. The van der Waals surface area contributed by atoms with E-state index >= 15 is 0 Å². The van der Waals surface area contributed by atoms with Crippen molar-refractivity contribution in [3.8, 4) is 5.75 Å². The molecule has 12 heteroatoms. The molecule has 0 radical (unpaired) electrons. The van der Waals surface area contributed by atoms with Crippen molar-refractivity contribution in [2.45, 2.75) is 31.5 Å². The van der Waals surface area contributed by atoms with E-state index in [1.165, 1.54) is 24.3 Å². The van der Waals surface area contributed by atoms with Crippen LogP contribution in [0.5, 0.6) is 5.75 Å². The molecule has 0 saturated heterocycles. The van der Waals surface area contributed by atoms with Crippen LogP contribution in [0, 0.1) is 0 Å². The van der Waals surface area contributed by atoms with Crippen LogP contribution in [0.25, 0.3) is 0 Å². The van der Waals surface area contributed by atoms with E-state index in [9.17, 15) is 29.4 Å². The van der Waals surface area contributed by atoms with Gasteiger partial charge in [0, 0.05) is 12.1 Å². The minimum Gasteiger partial charge on any atom is -0.508 e. The van der Waals surface area contributed by atoms with E-state index in [1.54, 1.807) is 12.1 Å². The van der Waals surface area contributed by atoms with Crippen molar-refractivity contribution in [1.82, 2.24) is 21.3 Å². The van der Waals surface area contributed by atoms with E-state index in [1.807, 2.05) is 24.3 Å². The summed E-state index contributed by atoms with van der Waals surface area (Å²) in [6.07, 6.45) is 1.56. The Morgan fingerprint density at radius 3 is 2.35 bits per heavy atom. The van der Waals surface area contributed by atoms with Gasteiger partial charge in [0.1, 0.15) is 11.8 Å². The number of aromatic hydroxyl groups is 1. The van der Waals surface area contributed by atoms with Crippen LogP contribution in [0.4, 0.5) is 4.79 Å². The van der Waals surface area contributed by atoms with Crippen LogP contribution in [0.3, 0.4) is 0 Å². The first kappa shape index (κ1) is 28.7. The summed E-state index contributed by atoms with van der Waals surface area (Å²) in [5, 5.41) is 29.1. The fourth-order valence-electron chi connectivity index (χ4n) is 4.41. The average Bonchev–Trinajstić information content (AvgIpc) is 3.31. The number of aliphatic carboxylic acids is 1. The van der Waals surface area contributed by atoms with Gasteiger partial charge >= 0.3 is 12.0 Å². The normalized spacial score (nSPS) is 14.5. The molecule has 3 aromatic rings. The molecule has 0 aromatic heterocycles. The minimum absolute atomic E-state index is 0.0586. The number of amides is 4. The van der Waals surface area contributed by atoms with Crippen LogP contribution >= 0.6 is 23.2 Å². The molecule has 4 amide bonds. The first-order valence-corrected chi connectivity index (χ1v) is 13.1. The van der Waals surface area contributed by atoms with Crippen molar-refractivity contribution in [2.24, 2.45) is 0 Å². The molecule has 0 bridgehead atoms. The molecule has 4 rings (SSSR count). The monoisotopic (exact) mass is 584 g/mol. The van der Waals surface area contributed by atoms with E-state index in [2.05, 4.69) is 21.3 Å². The second-order valence-corrected chi connectivity index (χ2v) is 9.99. The maximum atomic E-state index is 12.9. The van der Waals surface area contributed by atoms with E-state index in [0.29, 0.717) is 5.56 Å². The largest absolute Gasteiger partial charge is 0.508 e. The maximum Gasteiger partial charge on any atom is 0.328 e. The lowest BCUT2D eigenvalue weighted by Crippen LogP contribution is -2.50. The number of benzene rings is 3. The maximum absolute atomic E-state index is 12.9. The number of hydrogen-bond acceptors (Lipinski definition) is 5. The SMILES string of the molecule is O=C(NCC(NC(=O)c1c(Cl)cc(C(=O)NCc2cccc(O)c2)cc1Cl)C(=O)O)NC1CCc2ccccc21. The van der Waals surface area contributed by atoms with Crippen molar-refractivity contribution in [3.05, 3.63) is 98.5 Å². The number of phenolic OH excluding ortho intramolecular Hbond substituents is 1. The Bertz CT molecular complexity index is 1440. The van der Waals surface area contributed by atoms with Crippen molar-refractivity contribution < 1.29 is 29.4 Å². The molecule has 0 fully saturated rings. The highest BCUT2D eigenvalue weighted by molar-refractivity contribution is 6.40. The number of carboxylic acids is 1. The van der Waals surface area contributed by atoms with E-state index in [-0.39, 0.29) is 39.5 Å². The summed E-state index contributed by atoms with van der Waals surface area (Å²) in [5.41, 5.74) is 2.69. The van der Waals surface area contributed by atoms with Gasteiger partial charge in [-0.2, -0.15) is 0 Å². The van der Waals surface area contributed by atoms with Gasteiger partial charge in [-0.3, -0.25) is 9.59 Å². The summed E-state index contributed by atoms with van der Waals surface area (Å²) < 4.78 is 0. The molecule has 3 aromatic carbocycles.